The normalized spacial score (nSPS) is 11.9. The number of benzene rings is 3. The smallest absolute Gasteiger partial charge is 0.176 e. The number of aromatic nitrogens is 2. The van der Waals surface area contributed by atoms with Crippen molar-refractivity contribution in [1.29, 1.82) is 0 Å². The summed E-state index contributed by atoms with van der Waals surface area (Å²) in [5.74, 6) is 1.15. The first kappa shape index (κ1) is 20.7. The van der Waals surface area contributed by atoms with Crippen molar-refractivity contribution in [3.8, 4) is 0 Å². The lowest BCUT2D eigenvalue weighted by atomic mass is 10.2. The van der Waals surface area contributed by atoms with Crippen LogP contribution in [0.2, 0.25) is 0 Å². The number of anilines is 2. The lowest BCUT2D eigenvalue weighted by molar-refractivity contribution is 1.03. The fourth-order valence-corrected chi connectivity index (χ4v) is 2.99. The Hall–Kier alpha value is -4.58. The van der Waals surface area contributed by atoms with Crippen molar-refractivity contribution in [2.45, 2.75) is 0 Å². The zero-order valence-electron chi connectivity index (χ0n) is 17.3. The summed E-state index contributed by atoms with van der Waals surface area (Å²) in [5, 5.41) is 18.8. The van der Waals surface area contributed by atoms with Gasteiger partial charge in [0.15, 0.2) is 11.6 Å². The van der Waals surface area contributed by atoms with E-state index in [-0.39, 0.29) is 0 Å². The lowest BCUT2D eigenvalue weighted by Gasteiger charge is -2.07. The van der Waals surface area contributed by atoms with Crippen LogP contribution in [0.3, 0.4) is 0 Å². The molecule has 32 heavy (non-hydrogen) atoms. The monoisotopic (exact) mass is 418 g/mol. The number of rotatable bonds is 8. The molecule has 0 spiro atoms. The molecule has 0 saturated carbocycles. The molecule has 6 nitrogen and oxygen atoms in total. The summed E-state index contributed by atoms with van der Waals surface area (Å²) in [6, 6.07) is 27.9. The molecule has 3 aromatic carbocycles. The predicted octanol–water partition coefficient (Wildman–Crippen LogP) is 5.85. The summed E-state index contributed by atoms with van der Waals surface area (Å²) in [6.45, 7) is 0. The third kappa shape index (κ3) is 5.73. The van der Waals surface area contributed by atoms with Gasteiger partial charge < -0.3 is 0 Å². The van der Waals surface area contributed by atoms with E-state index in [0.717, 1.165) is 21.9 Å². The van der Waals surface area contributed by atoms with E-state index in [0.29, 0.717) is 11.6 Å². The van der Waals surface area contributed by atoms with Gasteiger partial charge in [-0.2, -0.15) is 10.2 Å². The van der Waals surface area contributed by atoms with Crippen LogP contribution in [0.15, 0.2) is 107 Å². The molecule has 0 aliphatic rings. The number of hydrogen-bond donors (Lipinski definition) is 2. The van der Waals surface area contributed by atoms with Gasteiger partial charge in [0.1, 0.15) is 0 Å². The third-order valence-electron chi connectivity index (χ3n) is 4.53. The SMILES string of the molecule is C(=C/c1ccccc1)/C=N\Nc1nnc(N/N=C/C=C\c2ccccc2)c2ccccc12. The first-order chi connectivity index (χ1) is 15.9. The second kappa shape index (κ2) is 11.0. The molecule has 1 aromatic heterocycles. The Morgan fingerprint density at radius 1 is 0.531 bits per heavy atom. The number of nitrogens with one attached hydrogen (secondary N) is 2. The van der Waals surface area contributed by atoms with Gasteiger partial charge in [-0.15, -0.1) is 10.2 Å². The highest BCUT2D eigenvalue weighted by Crippen LogP contribution is 2.25. The number of hydrazone groups is 2. The standard InChI is InChI=1S/C26H22N6/c1-3-11-21(12-4-1)15-9-19-27-29-25-23-17-7-8-18-24(23)26(32-31-25)30-28-20-10-16-22-13-5-2-6-14-22/h1-20H,(H,29,31)(H,30,32)/b15-9-,16-10-,27-19-,28-20+. The van der Waals surface area contributed by atoms with Gasteiger partial charge >= 0.3 is 0 Å². The summed E-state index contributed by atoms with van der Waals surface area (Å²) in [5.41, 5.74) is 8.15. The van der Waals surface area contributed by atoms with Crippen molar-refractivity contribution in [1.82, 2.24) is 10.2 Å². The molecule has 6 heteroatoms. The molecular weight excluding hydrogens is 396 g/mol. The summed E-state index contributed by atoms with van der Waals surface area (Å²) in [7, 11) is 0. The minimum atomic E-state index is 0.573. The maximum absolute atomic E-state index is 4.26. The molecule has 0 bridgehead atoms. The van der Waals surface area contributed by atoms with Gasteiger partial charge in [-0.25, -0.2) is 0 Å². The van der Waals surface area contributed by atoms with Crippen LogP contribution in [0.25, 0.3) is 22.9 Å². The van der Waals surface area contributed by atoms with E-state index in [4.69, 9.17) is 0 Å². The Kier molecular flexibility index (Phi) is 7.10. The van der Waals surface area contributed by atoms with Crippen molar-refractivity contribution in [3.63, 3.8) is 0 Å². The first-order valence-corrected chi connectivity index (χ1v) is 10.2. The minimum Gasteiger partial charge on any atom is -0.259 e. The maximum atomic E-state index is 4.26. The first-order valence-electron chi connectivity index (χ1n) is 10.2. The van der Waals surface area contributed by atoms with Crippen LogP contribution in [-0.2, 0) is 0 Å². The van der Waals surface area contributed by atoms with Crippen LogP contribution in [0, 0.1) is 0 Å². The second-order valence-electron chi connectivity index (χ2n) is 6.76. The molecule has 2 N–H and O–H groups in total. The van der Waals surface area contributed by atoms with Gasteiger partial charge in [0.05, 0.1) is 0 Å². The summed E-state index contributed by atoms with van der Waals surface area (Å²) in [4.78, 5) is 0. The summed E-state index contributed by atoms with van der Waals surface area (Å²) < 4.78 is 0. The Morgan fingerprint density at radius 2 is 0.938 bits per heavy atom. The molecule has 0 atom stereocenters. The summed E-state index contributed by atoms with van der Waals surface area (Å²) in [6.07, 6.45) is 11.0. The Balaban J connectivity index is 1.42. The zero-order valence-corrected chi connectivity index (χ0v) is 17.3. The van der Waals surface area contributed by atoms with E-state index in [9.17, 15) is 0 Å². The predicted molar refractivity (Wildman–Crippen MR) is 135 cm³/mol. The Bertz CT molecular complexity index is 1160. The highest BCUT2D eigenvalue weighted by atomic mass is 15.4. The quantitative estimate of drug-likeness (QED) is 0.278. The number of allylic oxidation sites excluding steroid dienone is 2. The zero-order chi connectivity index (χ0) is 21.8. The highest BCUT2D eigenvalue weighted by Gasteiger charge is 2.07. The topological polar surface area (TPSA) is 74.6 Å². The average Bonchev–Trinajstić information content (AvgIpc) is 2.86. The van der Waals surface area contributed by atoms with Gasteiger partial charge in [0.2, 0.25) is 0 Å². The summed E-state index contributed by atoms with van der Waals surface area (Å²) >= 11 is 0. The average molecular weight is 419 g/mol. The molecule has 0 aliphatic heterocycles. The van der Waals surface area contributed by atoms with Crippen LogP contribution >= 0.6 is 0 Å². The fraction of sp³-hybridized carbons (Fsp3) is 0. The molecule has 0 amide bonds. The van der Waals surface area contributed by atoms with Crippen molar-refractivity contribution in [3.05, 3.63) is 108 Å². The largest absolute Gasteiger partial charge is 0.259 e. The molecule has 0 aliphatic carbocycles. The van der Waals surface area contributed by atoms with Gasteiger partial charge in [-0.1, -0.05) is 97.1 Å². The van der Waals surface area contributed by atoms with Crippen molar-refractivity contribution in [2.75, 3.05) is 10.9 Å². The fourth-order valence-electron chi connectivity index (χ4n) is 2.99. The van der Waals surface area contributed by atoms with Gasteiger partial charge in [0, 0.05) is 23.2 Å². The Labute approximate surface area is 186 Å². The maximum Gasteiger partial charge on any atom is 0.176 e. The van der Waals surface area contributed by atoms with Gasteiger partial charge in [0.25, 0.3) is 0 Å². The molecular formula is C26H22N6. The van der Waals surface area contributed by atoms with E-state index >= 15 is 0 Å². The van der Waals surface area contributed by atoms with E-state index in [1.807, 2.05) is 109 Å². The van der Waals surface area contributed by atoms with Crippen LogP contribution in [0.4, 0.5) is 11.6 Å². The van der Waals surface area contributed by atoms with Crippen LogP contribution in [0.5, 0.6) is 0 Å². The van der Waals surface area contributed by atoms with E-state index in [2.05, 4.69) is 31.3 Å². The van der Waals surface area contributed by atoms with Crippen LogP contribution in [0.1, 0.15) is 11.1 Å². The third-order valence-corrected chi connectivity index (χ3v) is 4.53. The van der Waals surface area contributed by atoms with Gasteiger partial charge in [-0.3, -0.25) is 10.9 Å². The Morgan fingerprint density at radius 3 is 1.38 bits per heavy atom. The van der Waals surface area contributed by atoms with Crippen molar-refractivity contribution < 1.29 is 0 Å². The van der Waals surface area contributed by atoms with Crippen LogP contribution < -0.4 is 10.9 Å². The number of hydrogen-bond acceptors (Lipinski definition) is 6. The molecule has 4 aromatic rings. The minimum absolute atomic E-state index is 0.573. The molecule has 0 unspecified atom stereocenters. The molecule has 1 heterocycles. The van der Waals surface area contributed by atoms with E-state index in [1.165, 1.54) is 0 Å². The highest BCUT2D eigenvalue weighted by molar-refractivity contribution is 5.98. The lowest BCUT2D eigenvalue weighted by Crippen LogP contribution is -2.01. The second-order valence-corrected chi connectivity index (χ2v) is 6.76. The van der Waals surface area contributed by atoms with E-state index in [1.54, 1.807) is 12.4 Å². The van der Waals surface area contributed by atoms with Crippen LogP contribution in [-0.4, -0.2) is 22.6 Å². The number of fused-ring (bicyclic) bond motifs is 1. The van der Waals surface area contributed by atoms with Crippen molar-refractivity contribution in [2.24, 2.45) is 10.2 Å². The molecule has 0 fully saturated rings. The number of nitrogens with zero attached hydrogens (tertiary/aromatic N) is 4. The molecule has 4 rings (SSSR count). The molecule has 156 valence electrons. The van der Waals surface area contributed by atoms with E-state index < -0.39 is 0 Å². The van der Waals surface area contributed by atoms with Gasteiger partial charge in [-0.05, 0) is 23.3 Å². The molecule has 0 saturated heterocycles. The molecule has 0 radical (unpaired) electrons. The van der Waals surface area contributed by atoms with Crippen molar-refractivity contribution >= 4 is 47.0 Å².